The Hall–Kier alpha value is -3.35. The van der Waals surface area contributed by atoms with Gasteiger partial charge in [0.05, 0.1) is 18.0 Å². The third-order valence-corrected chi connectivity index (χ3v) is 7.48. The van der Waals surface area contributed by atoms with Crippen LogP contribution in [0, 0.1) is 0 Å². The second-order valence-electron chi connectivity index (χ2n) is 9.98. The number of benzene rings is 3. The zero-order valence-corrected chi connectivity index (χ0v) is 21.2. The third-order valence-electron chi connectivity index (χ3n) is 7.48. The lowest BCUT2D eigenvalue weighted by Crippen LogP contribution is -2.35. The number of fused-ring (bicyclic) bond motifs is 1. The van der Waals surface area contributed by atoms with Gasteiger partial charge in [0.15, 0.2) is 0 Å². The van der Waals surface area contributed by atoms with Crippen molar-refractivity contribution in [1.29, 1.82) is 0 Å². The average molecular weight is 484 g/mol. The van der Waals surface area contributed by atoms with E-state index < -0.39 is 0 Å². The van der Waals surface area contributed by atoms with Crippen LogP contribution in [0.2, 0.25) is 0 Å². The van der Waals surface area contributed by atoms with Crippen LogP contribution in [0.5, 0.6) is 0 Å². The monoisotopic (exact) mass is 483 g/mol. The highest BCUT2D eigenvalue weighted by Gasteiger charge is 2.25. The van der Waals surface area contributed by atoms with Gasteiger partial charge in [0.1, 0.15) is 0 Å². The third kappa shape index (κ3) is 5.40. The lowest BCUT2D eigenvalue weighted by Gasteiger charge is -2.25. The maximum Gasteiger partial charge on any atom is 0.253 e. The molecule has 0 unspecified atom stereocenters. The van der Waals surface area contributed by atoms with E-state index >= 15 is 0 Å². The molecule has 1 aliphatic heterocycles. The van der Waals surface area contributed by atoms with Gasteiger partial charge >= 0.3 is 0 Å². The van der Waals surface area contributed by atoms with Crippen LogP contribution in [0.4, 0.5) is 11.4 Å². The number of anilines is 2. The van der Waals surface area contributed by atoms with Crippen LogP contribution in [0.1, 0.15) is 47.2 Å². The quantitative estimate of drug-likeness (QED) is 0.381. The van der Waals surface area contributed by atoms with E-state index in [1.807, 2.05) is 24.1 Å². The first kappa shape index (κ1) is 24.3. The molecule has 1 aliphatic carbocycles. The molecule has 188 valence electrons. The molecule has 1 heterocycles. The summed E-state index contributed by atoms with van der Waals surface area (Å²) in [5.41, 5.74) is 13.5. The van der Waals surface area contributed by atoms with Crippen molar-refractivity contribution >= 4 is 17.3 Å². The Labute approximate surface area is 214 Å². The highest BCUT2D eigenvalue weighted by molar-refractivity contribution is 5.94. The number of hydrogen-bond donors (Lipinski definition) is 3. The normalized spacial score (nSPS) is 15.1. The molecule has 6 heteroatoms. The van der Waals surface area contributed by atoms with Crippen molar-refractivity contribution in [2.24, 2.45) is 5.73 Å². The number of carbonyl (C=O) groups excluding carboxylic acids is 1. The van der Waals surface area contributed by atoms with Crippen molar-refractivity contribution < 1.29 is 4.79 Å². The van der Waals surface area contributed by atoms with Gasteiger partial charge < -0.3 is 26.2 Å². The first-order valence-corrected chi connectivity index (χ1v) is 13.1. The van der Waals surface area contributed by atoms with Crippen LogP contribution < -0.4 is 21.3 Å². The standard InChI is InChI=1S/C30H37N5O/c1-34(27-7-2-3-8-27)30(36)26-6-4-5-23(17-26)20-35-21-33-28-14-13-25(18-29(28)35)24-11-9-22(10-12-24)19-32-16-15-31/h4-6,9-14,17-18,27,32-33H,2-3,7-8,15-16,19-21,31H2,1H3. The van der Waals surface area contributed by atoms with E-state index in [1.165, 1.54) is 35.2 Å². The summed E-state index contributed by atoms with van der Waals surface area (Å²) < 4.78 is 0. The fourth-order valence-corrected chi connectivity index (χ4v) is 5.36. The highest BCUT2D eigenvalue weighted by Crippen LogP contribution is 2.36. The summed E-state index contributed by atoms with van der Waals surface area (Å²) in [4.78, 5) is 17.4. The van der Waals surface area contributed by atoms with Crippen LogP contribution in [0.3, 0.4) is 0 Å². The van der Waals surface area contributed by atoms with Crippen LogP contribution >= 0.6 is 0 Å². The smallest absolute Gasteiger partial charge is 0.253 e. The largest absolute Gasteiger partial charge is 0.366 e. The van der Waals surface area contributed by atoms with Crippen LogP contribution in [0.25, 0.3) is 11.1 Å². The minimum Gasteiger partial charge on any atom is -0.366 e. The molecule has 4 N–H and O–H groups in total. The molecule has 36 heavy (non-hydrogen) atoms. The summed E-state index contributed by atoms with van der Waals surface area (Å²) in [7, 11) is 1.95. The molecule has 2 aliphatic rings. The lowest BCUT2D eigenvalue weighted by molar-refractivity contribution is 0.0735. The van der Waals surface area contributed by atoms with Crippen molar-refractivity contribution in [3.05, 3.63) is 83.4 Å². The molecule has 1 fully saturated rings. The van der Waals surface area contributed by atoms with Crippen LogP contribution in [-0.2, 0) is 13.1 Å². The Bertz CT molecular complexity index is 1190. The Morgan fingerprint density at radius 3 is 2.58 bits per heavy atom. The Balaban J connectivity index is 1.29. The molecule has 3 aromatic rings. The predicted octanol–water partition coefficient (Wildman–Crippen LogP) is 4.81. The number of amides is 1. The molecular formula is C30H37N5O. The SMILES string of the molecule is CN(C(=O)c1cccc(CN2CNc3ccc(-c4ccc(CNCCN)cc4)cc32)c1)C1CCCC1. The van der Waals surface area contributed by atoms with Gasteiger partial charge in [0.25, 0.3) is 5.91 Å². The van der Waals surface area contributed by atoms with Crippen molar-refractivity contribution in [1.82, 2.24) is 10.2 Å². The average Bonchev–Trinajstić information content (AvgIpc) is 3.59. The molecule has 5 rings (SSSR count). The number of nitrogens with one attached hydrogen (secondary N) is 2. The van der Waals surface area contributed by atoms with Crippen molar-refractivity contribution in [2.75, 3.05) is 37.0 Å². The Morgan fingerprint density at radius 1 is 1.03 bits per heavy atom. The summed E-state index contributed by atoms with van der Waals surface area (Å²) in [6, 6.07) is 23.8. The molecule has 0 spiro atoms. The van der Waals surface area contributed by atoms with Gasteiger partial charge in [-0.05, 0) is 59.4 Å². The predicted molar refractivity (Wildman–Crippen MR) is 148 cm³/mol. The molecule has 1 amide bonds. The maximum absolute atomic E-state index is 13.1. The molecular weight excluding hydrogens is 446 g/mol. The maximum atomic E-state index is 13.1. The van der Waals surface area contributed by atoms with Crippen molar-refractivity contribution in [3.63, 3.8) is 0 Å². The zero-order valence-electron chi connectivity index (χ0n) is 21.2. The molecule has 3 aromatic carbocycles. The van der Waals surface area contributed by atoms with E-state index in [0.29, 0.717) is 12.6 Å². The fraction of sp³-hybridized carbons (Fsp3) is 0.367. The first-order chi connectivity index (χ1) is 17.6. The number of hydrogen-bond acceptors (Lipinski definition) is 5. The fourth-order valence-electron chi connectivity index (χ4n) is 5.36. The molecule has 0 atom stereocenters. The van der Waals surface area contributed by atoms with E-state index in [0.717, 1.165) is 56.0 Å². The lowest BCUT2D eigenvalue weighted by atomic mass is 10.0. The van der Waals surface area contributed by atoms with Gasteiger partial charge in [-0.25, -0.2) is 0 Å². The molecule has 6 nitrogen and oxygen atoms in total. The minimum absolute atomic E-state index is 0.132. The summed E-state index contributed by atoms with van der Waals surface area (Å²) in [6.07, 6.45) is 4.69. The topological polar surface area (TPSA) is 73.6 Å². The molecule has 1 saturated carbocycles. The van der Waals surface area contributed by atoms with Gasteiger partial charge in [-0.2, -0.15) is 0 Å². The van der Waals surface area contributed by atoms with E-state index in [1.54, 1.807) is 0 Å². The summed E-state index contributed by atoms with van der Waals surface area (Å²) in [5.74, 6) is 0.132. The Kier molecular flexibility index (Phi) is 7.54. The zero-order chi connectivity index (χ0) is 24.9. The van der Waals surface area contributed by atoms with Gasteiger partial charge in [0, 0.05) is 44.8 Å². The summed E-state index contributed by atoms with van der Waals surface area (Å²) >= 11 is 0. The summed E-state index contributed by atoms with van der Waals surface area (Å²) in [6.45, 7) is 3.81. The van der Waals surface area contributed by atoms with E-state index in [-0.39, 0.29) is 5.91 Å². The van der Waals surface area contributed by atoms with Gasteiger partial charge in [-0.3, -0.25) is 4.79 Å². The van der Waals surface area contributed by atoms with Gasteiger partial charge in [-0.1, -0.05) is 55.3 Å². The molecule has 0 bridgehead atoms. The number of rotatable bonds is 9. The second kappa shape index (κ2) is 11.1. The first-order valence-electron chi connectivity index (χ1n) is 13.1. The van der Waals surface area contributed by atoms with E-state index in [9.17, 15) is 4.79 Å². The highest BCUT2D eigenvalue weighted by atomic mass is 16.2. The van der Waals surface area contributed by atoms with Crippen molar-refractivity contribution in [2.45, 2.75) is 44.8 Å². The molecule has 0 radical (unpaired) electrons. The number of nitrogens with zero attached hydrogens (tertiary/aromatic N) is 2. The molecule has 0 saturated heterocycles. The van der Waals surface area contributed by atoms with E-state index in [2.05, 4.69) is 70.1 Å². The van der Waals surface area contributed by atoms with Crippen LogP contribution in [0.15, 0.2) is 66.7 Å². The minimum atomic E-state index is 0.132. The van der Waals surface area contributed by atoms with E-state index in [4.69, 9.17) is 5.73 Å². The van der Waals surface area contributed by atoms with Gasteiger partial charge in [0.2, 0.25) is 0 Å². The number of carbonyl (C=O) groups is 1. The molecule has 0 aromatic heterocycles. The Morgan fingerprint density at radius 2 is 1.81 bits per heavy atom. The van der Waals surface area contributed by atoms with Crippen molar-refractivity contribution in [3.8, 4) is 11.1 Å². The second-order valence-corrected chi connectivity index (χ2v) is 9.98. The van der Waals surface area contributed by atoms with Gasteiger partial charge in [-0.15, -0.1) is 0 Å². The summed E-state index contributed by atoms with van der Waals surface area (Å²) in [5, 5.41) is 6.85. The number of nitrogens with two attached hydrogens (primary N) is 1. The van der Waals surface area contributed by atoms with Crippen LogP contribution in [-0.4, -0.2) is 43.7 Å².